The molecule has 0 saturated carbocycles. The van der Waals surface area contributed by atoms with E-state index >= 15 is 0 Å². The summed E-state index contributed by atoms with van der Waals surface area (Å²) in [5.74, 6) is 7.37. The number of nitrogens with two attached hydrogens (primary N) is 1. The van der Waals surface area contributed by atoms with Crippen molar-refractivity contribution in [1.29, 1.82) is 0 Å². The molecule has 16 heavy (non-hydrogen) atoms. The molecule has 0 atom stereocenters. The first-order chi connectivity index (χ1) is 7.59. The summed E-state index contributed by atoms with van der Waals surface area (Å²) in [5.41, 5.74) is 0.880. The monoisotopic (exact) mass is 238 g/mol. The number of aryl methyl sites for hydroxylation is 1. The average Bonchev–Trinajstić information content (AvgIpc) is 2.75. The van der Waals surface area contributed by atoms with Crippen molar-refractivity contribution in [2.75, 3.05) is 5.84 Å². The maximum Gasteiger partial charge on any atom is 0.210 e. The van der Waals surface area contributed by atoms with E-state index in [0.29, 0.717) is 16.2 Å². The lowest BCUT2D eigenvalue weighted by molar-refractivity contribution is 0.535. The highest BCUT2D eigenvalue weighted by molar-refractivity contribution is 7.99. The van der Waals surface area contributed by atoms with Crippen LogP contribution in [-0.2, 0) is 0 Å². The van der Waals surface area contributed by atoms with Crippen LogP contribution in [0, 0.1) is 6.92 Å². The van der Waals surface area contributed by atoms with Crippen LogP contribution >= 0.6 is 11.8 Å². The highest BCUT2D eigenvalue weighted by atomic mass is 32.2. The Balaban J connectivity index is 2.37. The fraction of sp³-hybridized carbons (Fsp3) is 0.400. The van der Waals surface area contributed by atoms with Crippen molar-refractivity contribution in [3.8, 4) is 11.4 Å². The second-order valence-corrected chi connectivity index (χ2v) is 5.28. The third-order valence-corrected chi connectivity index (χ3v) is 3.07. The molecule has 0 saturated heterocycles. The van der Waals surface area contributed by atoms with E-state index in [2.05, 4.69) is 24.0 Å². The Hall–Kier alpha value is -1.43. The molecule has 0 bridgehead atoms. The average molecular weight is 238 g/mol. The van der Waals surface area contributed by atoms with Crippen LogP contribution in [0.1, 0.15) is 19.6 Å². The van der Waals surface area contributed by atoms with E-state index in [1.165, 1.54) is 4.68 Å². The highest BCUT2D eigenvalue weighted by Gasteiger charge is 2.16. The standard InChI is InChI=1S/C10H14N4OS/c1-6(2)16-10-13-12-9(14(10)11)8-4-5-15-7(8)3/h4-6H,11H2,1-3H3. The van der Waals surface area contributed by atoms with E-state index in [1.54, 1.807) is 18.0 Å². The molecule has 0 aliphatic carbocycles. The maximum atomic E-state index is 5.94. The highest BCUT2D eigenvalue weighted by Crippen LogP contribution is 2.26. The zero-order valence-electron chi connectivity index (χ0n) is 9.47. The minimum atomic E-state index is 0.421. The van der Waals surface area contributed by atoms with E-state index in [-0.39, 0.29) is 0 Å². The minimum Gasteiger partial charge on any atom is -0.469 e. The Morgan fingerprint density at radius 2 is 2.19 bits per heavy atom. The van der Waals surface area contributed by atoms with Crippen molar-refractivity contribution in [3.63, 3.8) is 0 Å². The number of rotatable bonds is 3. The number of hydrogen-bond acceptors (Lipinski definition) is 5. The van der Waals surface area contributed by atoms with Crippen LogP contribution in [0.4, 0.5) is 0 Å². The molecule has 2 aromatic rings. The number of nitrogen functional groups attached to an aromatic ring is 1. The van der Waals surface area contributed by atoms with Crippen molar-refractivity contribution < 1.29 is 4.42 Å². The first-order valence-corrected chi connectivity index (χ1v) is 5.89. The zero-order chi connectivity index (χ0) is 11.7. The fourth-order valence-corrected chi connectivity index (χ4v) is 2.08. The summed E-state index contributed by atoms with van der Waals surface area (Å²) in [6.45, 7) is 6.05. The Morgan fingerprint density at radius 1 is 1.44 bits per heavy atom. The lowest BCUT2D eigenvalue weighted by Crippen LogP contribution is -2.12. The van der Waals surface area contributed by atoms with E-state index in [4.69, 9.17) is 10.3 Å². The molecule has 0 fully saturated rings. The topological polar surface area (TPSA) is 69.9 Å². The van der Waals surface area contributed by atoms with Crippen LogP contribution in [0.25, 0.3) is 11.4 Å². The van der Waals surface area contributed by atoms with Gasteiger partial charge >= 0.3 is 0 Å². The van der Waals surface area contributed by atoms with E-state index in [0.717, 1.165) is 11.3 Å². The Labute approximate surface area is 98.0 Å². The van der Waals surface area contributed by atoms with Crippen molar-refractivity contribution in [2.24, 2.45) is 0 Å². The molecule has 0 radical (unpaired) electrons. The van der Waals surface area contributed by atoms with Gasteiger partial charge in [0.15, 0.2) is 5.82 Å². The predicted molar refractivity (Wildman–Crippen MR) is 63.6 cm³/mol. The molecule has 2 aromatic heterocycles. The first kappa shape index (κ1) is 11.1. The van der Waals surface area contributed by atoms with Crippen molar-refractivity contribution in [1.82, 2.24) is 14.9 Å². The number of furan rings is 1. The van der Waals surface area contributed by atoms with Gasteiger partial charge in [-0.15, -0.1) is 10.2 Å². The van der Waals surface area contributed by atoms with Gasteiger partial charge in [-0.3, -0.25) is 0 Å². The second-order valence-electron chi connectivity index (χ2n) is 3.73. The van der Waals surface area contributed by atoms with Gasteiger partial charge in [-0.1, -0.05) is 25.6 Å². The van der Waals surface area contributed by atoms with Gasteiger partial charge in [0.25, 0.3) is 0 Å². The zero-order valence-corrected chi connectivity index (χ0v) is 10.3. The molecule has 0 spiro atoms. The molecule has 0 aliphatic rings. The number of nitrogens with zero attached hydrogens (tertiary/aromatic N) is 3. The molecular formula is C10H14N4OS. The van der Waals surface area contributed by atoms with E-state index in [9.17, 15) is 0 Å². The van der Waals surface area contributed by atoms with Gasteiger partial charge in [-0.25, -0.2) is 4.68 Å². The summed E-state index contributed by atoms with van der Waals surface area (Å²) in [5, 5.41) is 9.28. The van der Waals surface area contributed by atoms with Gasteiger partial charge < -0.3 is 10.3 Å². The third kappa shape index (κ3) is 1.92. The Kier molecular flexibility index (Phi) is 2.91. The number of aromatic nitrogens is 3. The SMILES string of the molecule is Cc1occc1-c1nnc(SC(C)C)n1N. The van der Waals surface area contributed by atoms with Gasteiger partial charge in [0.1, 0.15) is 5.76 Å². The minimum absolute atomic E-state index is 0.421. The third-order valence-electron chi connectivity index (χ3n) is 2.11. The van der Waals surface area contributed by atoms with Crippen molar-refractivity contribution >= 4 is 11.8 Å². The molecule has 0 unspecified atom stereocenters. The van der Waals surface area contributed by atoms with Crippen LogP contribution in [-0.4, -0.2) is 20.1 Å². The van der Waals surface area contributed by atoms with E-state index in [1.807, 2.05) is 13.0 Å². The molecule has 0 aliphatic heterocycles. The molecule has 0 amide bonds. The normalized spacial score (nSPS) is 11.2. The predicted octanol–water partition coefficient (Wildman–Crippen LogP) is 2.06. The molecule has 5 nitrogen and oxygen atoms in total. The quantitative estimate of drug-likeness (QED) is 0.654. The molecule has 86 valence electrons. The molecule has 2 heterocycles. The van der Waals surface area contributed by atoms with Crippen LogP contribution in [0.3, 0.4) is 0 Å². The lowest BCUT2D eigenvalue weighted by atomic mass is 10.2. The summed E-state index contributed by atoms with van der Waals surface area (Å²) >= 11 is 1.58. The van der Waals surface area contributed by atoms with Crippen molar-refractivity contribution in [2.45, 2.75) is 31.2 Å². The summed E-state index contributed by atoms with van der Waals surface area (Å²) in [6.07, 6.45) is 1.62. The summed E-state index contributed by atoms with van der Waals surface area (Å²) in [7, 11) is 0. The Morgan fingerprint density at radius 3 is 2.75 bits per heavy atom. The van der Waals surface area contributed by atoms with Crippen LogP contribution in [0.15, 0.2) is 21.9 Å². The van der Waals surface area contributed by atoms with Crippen LogP contribution < -0.4 is 5.84 Å². The summed E-state index contributed by atoms with van der Waals surface area (Å²) in [4.78, 5) is 0. The number of hydrogen-bond donors (Lipinski definition) is 1. The molecule has 2 rings (SSSR count). The van der Waals surface area contributed by atoms with Crippen LogP contribution in [0.2, 0.25) is 0 Å². The lowest BCUT2D eigenvalue weighted by Gasteiger charge is -2.04. The second kappa shape index (κ2) is 4.21. The van der Waals surface area contributed by atoms with Crippen LogP contribution in [0.5, 0.6) is 0 Å². The molecular weight excluding hydrogens is 224 g/mol. The largest absolute Gasteiger partial charge is 0.469 e. The van der Waals surface area contributed by atoms with Gasteiger partial charge in [-0.05, 0) is 13.0 Å². The Bertz CT molecular complexity index is 489. The number of thioether (sulfide) groups is 1. The molecule has 0 aromatic carbocycles. The van der Waals surface area contributed by atoms with E-state index < -0.39 is 0 Å². The molecule has 6 heteroatoms. The first-order valence-electron chi connectivity index (χ1n) is 5.01. The van der Waals surface area contributed by atoms with Gasteiger partial charge in [-0.2, -0.15) is 0 Å². The maximum absolute atomic E-state index is 5.94. The van der Waals surface area contributed by atoms with Gasteiger partial charge in [0, 0.05) is 5.25 Å². The summed E-state index contributed by atoms with van der Waals surface area (Å²) in [6, 6.07) is 1.84. The summed E-state index contributed by atoms with van der Waals surface area (Å²) < 4.78 is 6.72. The fourth-order valence-electron chi connectivity index (χ4n) is 1.37. The smallest absolute Gasteiger partial charge is 0.210 e. The van der Waals surface area contributed by atoms with Gasteiger partial charge in [0.2, 0.25) is 5.16 Å². The van der Waals surface area contributed by atoms with Crippen molar-refractivity contribution in [3.05, 3.63) is 18.1 Å². The van der Waals surface area contributed by atoms with Gasteiger partial charge in [0.05, 0.1) is 11.8 Å². The molecule has 2 N–H and O–H groups in total.